The van der Waals surface area contributed by atoms with E-state index in [2.05, 4.69) is 10.6 Å². The Balaban J connectivity index is 2.07. The van der Waals surface area contributed by atoms with E-state index in [-0.39, 0.29) is 11.4 Å². The molecule has 0 saturated carbocycles. The van der Waals surface area contributed by atoms with Crippen molar-refractivity contribution in [2.24, 2.45) is 0 Å². The molecular formula is C22H28N4O6. The number of hydrogen-bond donors (Lipinski definition) is 4. The molecule has 0 atom stereocenters. The molecule has 0 saturated heterocycles. The molecule has 1 aliphatic carbocycles. The molecule has 0 amide bonds. The fourth-order valence-corrected chi connectivity index (χ4v) is 3.36. The lowest BCUT2D eigenvalue weighted by Gasteiger charge is -2.34. The molecule has 0 heterocycles. The summed E-state index contributed by atoms with van der Waals surface area (Å²) in [5.41, 5.74) is -2.54. The normalized spacial score (nSPS) is 20.7. The lowest BCUT2D eigenvalue weighted by molar-refractivity contribution is -0.838. The highest BCUT2D eigenvalue weighted by Crippen LogP contribution is 2.42. The van der Waals surface area contributed by atoms with Gasteiger partial charge in [-0.3, -0.25) is 9.59 Å². The van der Waals surface area contributed by atoms with E-state index >= 15 is 0 Å². The first-order valence-electron chi connectivity index (χ1n) is 15.3. The number of hydrogen-bond acceptors (Lipinski definition) is 8. The van der Waals surface area contributed by atoms with Crippen molar-refractivity contribution < 1.29 is 45.5 Å². The van der Waals surface area contributed by atoms with Gasteiger partial charge >= 0.3 is 0 Å². The van der Waals surface area contributed by atoms with E-state index in [0.717, 1.165) is 24.3 Å². The highest BCUT2D eigenvalue weighted by molar-refractivity contribution is 6.33. The number of likely N-dealkylation sites (N-methyl/N-ethyl adjacent to an activating group) is 2. The predicted octanol–water partition coefficient (Wildman–Crippen LogP) is 1.85. The molecule has 0 fully saturated rings. The van der Waals surface area contributed by atoms with Crippen LogP contribution in [0.15, 0.2) is 24.3 Å². The zero-order chi connectivity index (χ0) is 33.8. The van der Waals surface area contributed by atoms with Crippen LogP contribution in [-0.4, -0.2) is 85.2 Å². The van der Waals surface area contributed by atoms with Crippen molar-refractivity contribution in [2.75, 3.05) is 64.7 Å². The molecule has 0 radical (unpaired) electrons. The standard InChI is InChI=1S/C22H28N4O6/c1-25(2,31)11-9-23-13-5-6-14(24-10-12-26(3,4)32)18-17(13)21(29)19-15(27)7-8-16(28)20(19)22(18)30/h5-8,23-24,27-28H,9-12H2,1-4H3/i1D3,2D3,3D3,4D3. The molecule has 0 aromatic heterocycles. The van der Waals surface area contributed by atoms with Crippen LogP contribution in [0.2, 0.25) is 0 Å². The molecular weight excluding hydrogens is 416 g/mol. The summed E-state index contributed by atoms with van der Waals surface area (Å²) in [5, 5.41) is 51.6. The third-order valence-electron chi connectivity index (χ3n) is 4.76. The monoisotopic (exact) mass is 456 g/mol. The Morgan fingerprint density at radius 3 is 1.47 bits per heavy atom. The predicted molar refractivity (Wildman–Crippen MR) is 121 cm³/mol. The summed E-state index contributed by atoms with van der Waals surface area (Å²) in [6, 6.07) is 4.22. The molecule has 10 nitrogen and oxygen atoms in total. The van der Waals surface area contributed by atoms with Gasteiger partial charge < -0.3 is 40.6 Å². The van der Waals surface area contributed by atoms with Gasteiger partial charge in [0, 0.05) is 11.4 Å². The number of anilines is 2. The maximum absolute atomic E-state index is 13.6. The third-order valence-corrected chi connectivity index (χ3v) is 4.76. The van der Waals surface area contributed by atoms with Crippen LogP contribution in [0.4, 0.5) is 11.4 Å². The first-order chi connectivity index (χ1) is 19.8. The van der Waals surface area contributed by atoms with E-state index in [9.17, 15) is 30.2 Å². The molecule has 1 aliphatic rings. The van der Waals surface area contributed by atoms with Crippen molar-refractivity contribution in [3.8, 4) is 11.5 Å². The average molecular weight is 457 g/mol. The number of nitrogens with one attached hydrogen (secondary N) is 2. The first kappa shape index (κ1) is 12.2. The molecule has 2 aromatic carbocycles. The maximum atomic E-state index is 13.6. The van der Waals surface area contributed by atoms with E-state index in [1.165, 1.54) is 0 Å². The molecule has 2 aromatic rings. The van der Waals surface area contributed by atoms with Crippen molar-refractivity contribution in [3.05, 3.63) is 56.9 Å². The van der Waals surface area contributed by atoms with Crippen molar-refractivity contribution in [1.82, 2.24) is 0 Å². The molecule has 0 unspecified atom stereocenters. The van der Waals surface area contributed by atoms with Gasteiger partial charge in [-0.05, 0) is 24.3 Å². The number of benzene rings is 2. The highest BCUT2D eigenvalue weighted by atomic mass is 16.5. The fraction of sp³-hybridized carbons (Fsp3) is 0.364. The van der Waals surface area contributed by atoms with Gasteiger partial charge in [0.15, 0.2) is 0 Å². The van der Waals surface area contributed by atoms with E-state index in [0.29, 0.717) is 0 Å². The number of carbonyl (C=O) groups excluding carboxylic acids is 2. The minimum atomic E-state index is -3.51. The number of rotatable bonds is 8. The number of phenols is 2. The maximum Gasteiger partial charge on any atom is 0.200 e. The van der Waals surface area contributed by atoms with Crippen molar-refractivity contribution in [3.63, 3.8) is 0 Å². The zero-order valence-corrected chi connectivity index (χ0v) is 16.6. The van der Waals surface area contributed by atoms with Crippen LogP contribution in [0.1, 0.15) is 48.3 Å². The second-order valence-electron chi connectivity index (χ2n) is 7.20. The van der Waals surface area contributed by atoms with Gasteiger partial charge in [0.25, 0.3) is 0 Å². The molecule has 0 bridgehead atoms. The summed E-state index contributed by atoms with van der Waals surface area (Å²) in [5.74, 6) is -3.42. The Bertz CT molecular complexity index is 1330. The number of fused-ring (bicyclic) bond motifs is 2. The summed E-state index contributed by atoms with van der Waals surface area (Å²) < 4.78 is 83.9. The molecule has 10 heteroatoms. The molecule has 32 heavy (non-hydrogen) atoms. The van der Waals surface area contributed by atoms with Crippen LogP contribution in [0, 0.1) is 10.4 Å². The topological polar surface area (TPSA) is 145 Å². The van der Waals surface area contributed by atoms with Gasteiger partial charge in [-0.25, -0.2) is 0 Å². The molecule has 0 spiro atoms. The molecule has 0 aliphatic heterocycles. The Labute approximate surface area is 202 Å². The van der Waals surface area contributed by atoms with Crippen molar-refractivity contribution in [1.29, 1.82) is 0 Å². The lowest BCUT2D eigenvalue weighted by Crippen LogP contribution is -2.37. The Morgan fingerprint density at radius 1 is 0.750 bits per heavy atom. The van der Waals surface area contributed by atoms with Crippen LogP contribution in [0.3, 0.4) is 0 Å². The summed E-state index contributed by atoms with van der Waals surface area (Å²) in [4.78, 5) is 27.3. The molecule has 172 valence electrons. The number of nitrogens with zero attached hydrogens (tertiary/aromatic N) is 2. The van der Waals surface area contributed by atoms with Crippen molar-refractivity contribution in [2.45, 2.75) is 0 Å². The Kier molecular flexibility index (Phi) is 3.19. The number of ketones is 2. The quantitative estimate of drug-likeness (QED) is 0.228. The fourth-order valence-electron chi connectivity index (χ4n) is 3.36. The van der Waals surface area contributed by atoms with Gasteiger partial charge in [-0.15, -0.1) is 0 Å². The number of aromatic hydroxyl groups is 2. The summed E-state index contributed by atoms with van der Waals surface area (Å²) in [7, 11) is 0. The minimum absolute atomic E-state index is 0.209. The third kappa shape index (κ3) is 4.83. The van der Waals surface area contributed by atoms with Gasteiger partial charge in [0.05, 0.1) is 92.8 Å². The summed E-state index contributed by atoms with van der Waals surface area (Å²) in [6.07, 6.45) is 0. The van der Waals surface area contributed by atoms with Crippen LogP contribution < -0.4 is 10.6 Å². The SMILES string of the molecule is [2H]C([2H])([2H])[N+]([O-])(CCNc1ccc(NCC[N+]([O-])(C([2H])([2H])[2H])C([2H])([2H])[2H])c2c1C(=O)c1c(O)ccc(O)c1C2=O)C([2H])([2H])[2H]. The molecule has 3 rings (SSSR count). The average Bonchev–Trinajstić information content (AvgIpc) is 2.86. The number of carbonyl (C=O) groups is 2. The number of quaternary nitrogens is 2. The van der Waals surface area contributed by atoms with Gasteiger partial charge in [-0.2, -0.15) is 0 Å². The van der Waals surface area contributed by atoms with Gasteiger partial charge in [0.2, 0.25) is 11.6 Å². The van der Waals surface area contributed by atoms with E-state index < -0.39 is 109 Å². The largest absolute Gasteiger partial charge is 0.633 e. The Hall–Kier alpha value is -3.18. The van der Waals surface area contributed by atoms with E-state index in [4.69, 9.17) is 16.4 Å². The van der Waals surface area contributed by atoms with Crippen LogP contribution in [-0.2, 0) is 0 Å². The first-order valence-corrected chi connectivity index (χ1v) is 9.28. The second-order valence-corrected chi connectivity index (χ2v) is 7.20. The number of phenolic OH excluding ortho intramolecular Hbond substituents is 2. The Morgan fingerprint density at radius 2 is 1.12 bits per heavy atom. The van der Waals surface area contributed by atoms with Crippen LogP contribution >= 0.6 is 0 Å². The van der Waals surface area contributed by atoms with Gasteiger partial charge in [-0.1, -0.05) is 0 Å². The lowest BCUT2D eigenvalue weighted by atomic mass is 9.81. The molecule has 4 N–H and O–H groups in total. The second kappa shape index (κ2) is 8.40. The number of hydroxylamine groups is 6. The smallest absolute Gasteiger partial charge is 0.200 e. The van der Waals surface area contributed by atoms with E-state index in [1.807, 2.05) is 0 Å². The van der Waals surface area contributed by atoms with Crippen LogP contribution in [0.5, 0.6) is 11.5 Å². The van der Waals surface area contributed by atoms with Crippen molar-refractivity contribution >= 4 is 22.9 Å². The van der Waals surface area contributed by atoms with Gasteiger partial charge in [0.1, 0.15) is 11.5 Å². The summed E-state index contributed by atoms with van der Waals surface area (Å²) in [6.45, 7) is -17.4. The van der Waals surface area contributed by atoms with E-state index in [1.54, 1.807) is 0 Å². The highest BCUT2D eigenvalue weighted by Gasteiger charge is 2.38. The zero-order valence-electron chi connectivity index (χ0n) is 28.6. The van der Waals surface area contributed by atoms with Crippen LogP contribution in [0.25, 0.3) is 0 Å². The minimum Gasteiger partial charge on any atom is -0.633 e. The summed E-state index contributed by atoms with van der Waals surface area (Å²) >= 11 is 0.